The Morgan fingerprint density at radius 2 is 1.48 bits per heavy atom. The van der Waals surface area contributed by atoms with Crippen molar-refractivity contribution in [1.29, 1.82) is 0 Å². The number of ether oxygens (including phenoxy) is 1. The van der Waals surface area contributed by atoms with Crippen LogP contribution in [-0.4, -0.2) is 55.4 Å². The van der Waals surface area contributed by atoms with E-state index in [-0.39, 0.29) is 30.4 Å². The lowest BCUT2D eigenvalue weighted by molar-refractivity contribution is -0.128. The Labute approximate surface area is 155 Å². The highest BCUT2D eigenvalue weighted by molar-refractivity contribution is 7.89. The highest BCUT2D eigenvalue weighted by atomic mass is 32.2. The van der Waals surface area contributed by atoms with Gasteiger partial charge >= 0.3 is 6.09 Å². The zero-order chi connectivity index (χ0) is 19.2. The summed E-state index contributed by atoms with van der Waals surface area (Å²) < 4.78 is 44.2. The molecule has 0 bridgehead atoms. The van der Waals surface area contributed by atoms with E-state index >= 15 is 0 Å². The van der Waals surface area contributed by atoms with Crippen LogP contribution in [0.2, 0.25) is 0 Å². The summed E-state index contributed by atoms with van der Waals surface area (Å²) in [6.45, 7) is -0.210. The number of rotatable bonds is 4. The number of cyclic esters (lactones) is 1. The fourth-order valence-electron chi connectivity index (χ4n) is 3.10. The number of nitrogens with zero attached hydrogens (tertiary/aromatic N) is 2. The van der Waals surface area contributed by atoms with Crippen LogP contribution in [0.1, 0.15) is 0 Å². The average molecular weight is 390 g/mol. The quantitative estimate of drug-likeness (QED) is 0.796. The average Bonchev–Trinajstić information content (AvgIpc) is 2.94. The molecule has 2 heterocycles. The first-order chi connectivity index (χ1) is 12.9. The Morgan fingerprint density at radius 1 is 0.926 bits per heavy atom. The number of hydrogen-bond donors (Lipinski definition) is 0. The SMILES string of the molecule is O=C1COC(=O)N1C1CN(S(=O)(=O)c2ccc(-c3ccc(F)cc3)cc2)C1. The minimum Gasteiger partial charge on any atom is -0.439 e. The van der Waals surface area contributed by atoms with E-state index in [0.717, 1.165) is 16.0 Å². The van der Waals surface area contributed by atoms with Crippen molar-refractivity contribution in [2.45, 2.75) is 10.9 Å². The van der Waals surface area contributed by atoms with E-state index in [4.69, 9.17) is 0 Å². The Morgan fingerprint density at radius 3 is 2.00 bits per heavy atom. The standard InChI is InChI=1S/C18H15FN2O5S/c19-14-5-1-12(2-6-14)13-3-7-16(8-4-13)27(24,25)20-9-15(10-20)21-17(22)11-26-18(21)23/h1-8,15H,9-11H2. The van der Waals surface area contributed by atoms with Gasteiger partial charge in [0, 0.05) is 13.1 Å². The zero-order valence-electron chi connectivity index (χ0n) is 14.0. The Balaban J connectivity index is 1.47. The predicted molar refractivity (Wildman–Crippen MR) is 92.6 cm³/mol. The maximum absolute atomic E-state index is 13.0. The van der Waals surface area contributed by atoms with Crippen molar-refractivity contribution < 1.29 is 27.1 Å². The monoisotopic (exact) mass is 390 g/mol. The summed E-state index contributed by atoms with van der Waals surface area (Å²) in [5.41, 5.74) is 1.54. The van der Waals surface area contributed by atoms with Crippen LogP contribution in [-0.2, 0) is 19.6 Å². The first-order valence-electron chi connectivity index (χ1n) is 8.21. The van der Waals surface area contributed by atoms with Gasteiger partial charge in [0.2, 0.25) is 10.0 Å². The molecule has 0 aromatic heterocycles. The molecule has 0 atom stereocenters. The van der Waals surface area contributed by atoms with E-state index in [0.29, 0.717) is 0 Å². The number of imide groups is 1. The van der Waals surface area contributed by atoms with Crippen LogP contribution in [0.4, 0.5) is 9.18 Å². The first-order valence-corrected chi connectivity index (χ1v) is 9.65. The van der Waals surface area contributed by atoms with Gasteiger partial charge in [-0.3, -0.25) is 4.79 Å². The number of carbonyl (C=O) groups excluding carboxylic acids is 2. The molecule has 140 valence electrons. The molecule has 2 aliphatic heterocycles. The third-order valence-corrected chi connectivity index (χ3v) is 6.49. The molecule has 27 heavy (non-hydrogen) atoms. The summed E-state index contributed by atoms with van der Waals surface area (Å²) >= 11 is 0. The molecular formula is C18H15FN2O5S. The maximum Gasteiger partial charge on any atom is 0.417 e. The van der Waals surface area contributed by atoms with Gasteiger partial charge in [0.15, 0.2) is 6.61 Å². The maximum atomic E-state index is 13.0. The van der Waals surface area contributed by atoms with Crippen molar-refractivity contribution >= 4 is 22.0 Å². The molecule has 2 saturated heterocycles. The van der Waals surface area contributed by atoms with Gasteiger partial charge in [0.1, 0.15) is 5.82 Å². The van der Waals surface area contributed by atoms with Crippen molar-refractivity contribution in [1.82, 2.24) is 9.21 Å². The molecule has 0 unspecified atom stereocenters. The second-order valence-corrected chi connectivity index (χ2v) is 8.26. The second kappa shape index (κ2) is 6.43. The fraction of sp³-hybridized carbons (Fsp3) is 0.222. The van der Waals surface area contributed by atoms with Gasteiger partial charge in [0.25, 0.3) is 5.91 Å². The molecule has 2 fully saturated rings. The van der Waals surface area contributed by atoms with Crippen LogP contribution in [0, 0.1) is 5.82 Å². The third kappa shape index (κ3) is 3.08. The van der Waals surface area contributed by atoms with Crippen LogP contribution < -0.4 is 0 Å². The molecule has 2 amide bonds. The number of amides is 2. The van der Waals surface area contributed by atoms with E-state index in [1.54, 1.807) is 24.3 Å². The molecule has 0 N–H and O–H groups in total. The first kappa shape index (κ1) is 17.6. The number of sulfonamides is 1. The molecule has 9 heteroatoms. The van der Waals surface area contributed by atoms with Gasteiger partial charge in [-0.25, -0.2) is 22.5 Å². The van der Waals surface area contributed by atoms with Gasteiger partial charge in [-0.2, -0.15) is 4.31 Å². The summed E-state index contributed by atoms with van der Waals surface area (Å²) in [5, 5.41) is 0. The number of benzene rings is 2. The molecule has 0 radical (unpaired) electrons. The molecule has 2 aromatic rings. The lowest BCUT2D eigenvalue weighted by Gasteiger charge is -2.40. The van der Waals surface area contributed by atoms with Crippen molar-refractivity contribution in [2.75, 3.05) is 19.7 Å². The van der Waals surface area contributed by atoms with E-state index < -0.39 is 28.1 Å². The van der Waals surface area contributed by atoms with E-state index in [1.165, 1.54) is 28.6 Å². The zero-order valence-corrected chi connectivity index (χ0v) is 14.9. The summed E-state index contributed by atoms with van der Waals surface area (Å²) in [5.74, 6) is -0.795. The number of halogens is 1. The summed E-state index contributed by atoms with van der Waals surface area (Å²) in [6, 6.07) is 11.7. The van der Waals surface area contributed by atoms with E-state index in [2.05, 4.69) is 4.74 Å². The van der Waals surface area contributed by atoms with Gasteiger partial charge in [-0.05, 0) is 35.4 Å². The van der Waals surface area contributed by atoms with Crippen molar-refractivity contribution in [3.63, 3.8) is 0 Å². The summed E-state index contributed by atoms with van der Waals surface area (Å²) in [7, 11) is -3.72. The lowest BCUT2D eigenvalue weighted by Crippen LogP contribution is -2.62. The fourth-order valence-corrected chi connectivity index (χ4v) is 4.62. The Kier molecular flexibility index (Phi) is 4.20. The lowest BCUT2D eigenvalue weighted by atomic mass is 10.1. The van der Waals surface area contributed by atoms with Crippen LogP contribution >= 0.6 is 0 Å². The normalized spacial score (nSPS) is 18.5. The smallest absolute Gasteiger partial charge is 0.417 e. The number of hydrogen-bond acceptors (Lipinski definition) is 5. The second-order valence-electron chi connectivity index (χ2n) is 6.33. The molecule has 0 spiro atoms. The summed E-state index contributed by atoms with van der Waals surface area (Å²) in [4.78, 5) is 24.2. The van der Waals surface area contributed by atoms with Crippen LogP contribution in [0.15, 0.2) is 53.4 Å². The van der Waals surface area contributed by atoms with Gasteiger partial charge in [-0.15, -0.1) is 0 Å². The van der Waals surface area contributed by atoms with Crippen molar-refractivity contribution in [2.24, 2.45) is 0 Å². The molecule has 7 nitrogen and oxygen atoms in total. The highest BCUT2D eigenvalue weighted by Gasteiger charge is 2.46. The molecule has 0 aliphatic carbocycles. The molecule has 2 aromatic carbocycles. The molecular weight excluding hydrogens is 375 g/mol. The van der Waals surface area contributed by atoms with Gasteiger partial charge in [0.05, 0.1) is 10.9 Å². The predicted octanol–water partition coefficient (Wildman–Crippen LogP) is 1.84. The Bertz CT molecular complexity index is 983. The van der Waals surface area contributed by atoms with E-state index in [1.807, 2.05) is 0 Å². The molecule has 2 aliphatic rings. The van der Waals surface area contributed by atoms with Crippen LogP contribution in [0.3, 0.4) is 0 Å². The minimum absolute atomic E-state index is 0.0445. The topological polar surface area (TPSA) is 84.0 Å². The van der Waals surface area contributed by atoms with E-state index in [9.17, 15) is 22.4 Å². The van der Waals surface area contributed by atoms with Crippen molar-refractivity contribution in [3.8, 4) is 11.1 Å². The van der Waals surface area contributed by atoms with Crippen LogP contribution in [0.25, 0.3) is 11.1 Å². The van der Waals surface area contributed by atoms with Crippen molar-refractivity contribution in [3.05, 3.63) is 54.3 Å². The van der Waals surface area contributed by atoms with Gasteiger partial charge < -0.3 is 4.74 Å². The Hall–Kier alpha value is -2.78. The molecule has 4 rings (SSSR count). The summed E-state index contributed by atoms with van der Waals surface area (Å²) in [6.07, 6.45) is -0.731. The van der Waals surface area contributed by atoms with Gasteiger partial charge in [-0.1, -0.05) is 24.3 Å². The third-order valence-electron chi connectivity index (χ3n) is 4.65. The molecule has 0 saturated carbocycles. The highest BCUT2D eigenvalue weighted by Crippen LogP contribution is 2.28. The van der Waals surface area contributed by atoms with Crippen LogP contribution in [0.5, 0.6) is 0 Å². The largest absolute Gasteiger partial charge is 0.439 e. The number of carbonyl (C=O) groups is 2. The minimum atomic E-state index is -3.72.